The van der Waals surface area contributed by atoms with Crippen molar-refractivity contribution < 1.29 is 27.7 Å². The number of amides is 1. The smallest absolute Gasteiger partial charge is 0.294 e. The largest absolute Gasteiger partial charge is 0.418 e. The molecule has 9 heteroatoms. The van der Waals surface area contributed by atoms with Gasteiger partial charge in [0.25, 0.3) is 5.69 Å². The van der Waals surface area contributed by atoms with Gasteiger partial charge in [-0.25, -0.2) is 0 Å². The van der Waals surface area contributed by atoms with E-state index in [0.29, 0.717) is 24.0 Å². The number of carbonyl (C=O) groups is 2. The lowest BCUT2D eigenvalue weighted by Gasteiger charge is -2.39. The normalized spacial score (nSPS) is 19.5. The summed E-state index contributed by atoms with van der Waals surface area (Å²) in [5.74, 6) is -1.41. The van der Waals surface area contributed by atoms with Gasteiger partial charge in [0.05, 0.1) is 16.2 Å². The summed E-state index contributed by atoms with van der Waals surface area (Å²) in [6.45, 7) is 0. The molecule has 2 aromatic carbocycles. The van der Waals surface area contributed by atoms with E-state index in [2.05, 4.69) is 0 Å². The number of hydrogen-bond donors (Lipinski definition) is 0. The van der Waals surface area contributed by atoms with E-state index in [1.807, 2.05) is 0 Å². The molecule has 1 aliphatic heterocycles. The average molecular weight is 430 g/mol. The fourth-order valence-corrected chi connectivity index (χ4v) is 4.29. The monoisotopic (exact) mass is 430 g/mol. The van der Waals surface area contributed by atoms with Crippen molar-refractivity contribution in [3.63, 3.8) is 0 Å². The van der Waals surface area contributed by atoms with Crippen molar-refractivity contribution in [3.05, 3.63) is 81.0 Å². The number of benzene rings is 2. The third-order valence-corrected chi connectivity index (χ3v) is 5.63. The molecular weight excluding hydrogens is 413 g/mol. The molecule has 2 aromatic rings. The van der Waals surface area contributed by atoms with Gasteiger partial charge in [-0.1, -0.05) is 24.3 Å². The minimum Gasteiger partial charge on any atom is -0.294 e. The van der Waals surface area contributed by atoms with E-state index in [1.54, 1.807) is 0 Å². The lowest BCUT2D eigenvalue weighted by Crippen LogP contribution is -2.41. The lowest BCUT2D eigenvalue weighted by molar-refractivity contribution is -0.384. The van der Waals surface area contributed by atoms with Crippen molar-refractivity contribution in [1.82, 2.24) is 0 Å². The van der Waals surface area contributed by atoms with Crippen molar-refractivity contribution in [2.75, 3.05) is 4.90 Å². The zero-order valence-electron chi connectivity index (χ0n) is 16.2. The third kappa shape index (κ3) is 3.71. The van der Waals surface area contributed by atoms with Crippen molar-refractivity contribution in [2.45, 2.75) is 37.8 Å². The van der Waals surface area contributed by atoms with Gasteiger partial charge in [-0.15, -0.1) is 0 Å². The summed E-state index contributed by atoms with van der Waals surface area (Å²) in [6, 6.07) is 10.4. The number of anilines is 1. The molecule has 6 nitrogen and oxygen atoms in total. The average Bonchev–Trinajstić information content (AvgIpc) is 2.73. The number of hydrogen-bond acceptors (Lipinski definition) is 4. The van der Waals surface area contributed by atoms with Crippen LogP contribution in [0.5, 0.6) is 0 Å². The van der Waals surface area contributed by atoms with E-state index < -0.39 is 28.5 Å². The Hall–Kier alpha value is -3.49. The van der Waals surface area contributed by atoms with Crippen molar-refractivity contribution in [2.24, 2.45) is 0 Å². The minimum atomic E-state index is -4.66. The highest BCUT2D eigenvalue weighted by molar-refractivity contribution is 6.07. The molecule has 0 N–H and O–H groups in total. The van der Waals surface area contributed by atoms with Crippen LogP contribution in [0.25, 0.3) is 0 Å². The molecule has 31 heavy (non-hydrogen) atoms. The second-order valence-corrected chi connectivity index (χ2v) is 7.49. The summed E-state index contributed by atoms with van der Waals surface area (Å²) < 4.78 is 40.8. The van der Waals surface area contributed by atoms with Gasteiger partial charge in [0.2, 0.25) is 5.91 Å². The SMILES string of the molecule is O=C1CCCC2=C1C(c1ccc([N+](=O)[O-])cc1)CC(=O)N2c1ccccc1C(F)(F)F. The number of nitro benzene ring substituents is 1. The van der Waals surface area contributed by atoms with E-state index in [1.165, 1.54) is 42.5 Å². The Balaban J connectivity index is 1.86. The number of allylic oxidation sites excluding steroid dienone is 2. The predicted molar refractivity (Wildman–Crippen MR) is 105 cm³/mol. The van der Waals surface area contributed by atoms with Crippen LogP contribution in [0.15, 0.2) is 59.8 Å². The number of non-ortho nitro benzene ring substituents is 1. The van der Waals surface area contributed by atoms with E-state index in [0.717, 1.165) is 11.0 Å². The van der Waals surface area contributed by atoms with Gasteiger partial charge in [-0.3, -0.25) is 24.6 Å². The molecule has 1 atom stereocenters. The number of ketones is 1. The lowest BCUT2D eigenvalue weighted by atomic mass is 9.77. The molecule has 4 rings (SSSR count). The van der Waals surface area contributed by atoms with Crippen LogP contribution in [-0.2, 0) is 15.8 Å². The number of nitrogens with zero attached hydrogens (tertiary/aromatic N) is 2. The van der Waals surface area contributed by atoms with Crippen LogP contribution in [0.3, 0.4) is 0 Å². The maximum Gasteiger partial charge on any atom is 0.418 e. The van der Waals surface area contributed by atoms with Gasteiger partial charge in [0.1, 0.15) is 0 Å². The van der Waals surface area contributed by atoms with Crippen LogP contribution >= 0.6 is 0 Å². The predicted octanol–water partition coefficient (Wildman–Crippen LogP) is 5.14. The first-order valence-corrected chi connectivity index (χ1v) is 9.68. The molecule has 1 amide bonds. The zero-order valence-corrected chi connectivity index (χ0v) is 16.2. The van der Waals surface area contributed by atoms with Gasteiger partial charge in [0.15, 0.2) is 5.78 Å². The first kappa shape index (κ1) is 20.8. The maximum atomic E-state index is 13.6. The summed E-state index contributed by atoms with van der Waals surface area (Å²) in [5.41, 5.74) is -0.211. The van der Waals surface area contributed by atoms with Crippen molar-refractivity contribution in [3.8, 4) is 0 Å². The Morgan fingerprint density at radius 3 is 2.32 bits per heavy atom. The molecule has 160 valence electrons. The van der Waals surface area contributed by atoms with E-state index in [-0.39, 0.29) is 35.7 Å². The zero-order chi connectivity index (χ0) is 22.3. The van der Waals surface area contributed by atoms with Crippen LogP contribution in [0.1, 0.15) is 42.7 Å². The minimum absolute atomic E-state index is 0.129. The first-order valence-electron chi connectivity index (χ1n) is 9.68. The number of carbonyl (C=O) groups excluding carboxylic acids is 2. The number of halogens is 3. The maximum absolute atomic E-state index is 13.6. The Bertz CT molecular complexity index is 1110. The summed E-state index contributed by atoms with van der Waals surface area (Å²) in [4.78, 5) is 37.3. The third-order valence-electron chi connectivity index (χ3n) is 5.63. The molecule has 0 spiro atoms. The molecular formula is C22H17F3N2O4. The van der Waals surface area contributed by atoms with Gasteiger partial charge < -0.3 is 0 Å². The Morgan fingerprint density at radius 1 is 1.00 bits per heavy atom. The Kier molecular flexibility index (Phi) is 5.12. The summed E-state index contributed by atoms with van der Waals surface area (Å²) in [6.07, 6.45) is -3.89. The number of para-hydroxylation sites is 1. The highest BCUT2D eigenvalue weighted by Crippen LogP contribution is 2.46. The first-order chi connectivity index (χ1) is 14.7. The molecule has 0 saturated carbocycles. The second-order valence-electron chi connectivity index (χ2n) is 7.49. The Labute approximate surface area is 175 Å². The van der Waals surface area contributed by atoms with Crippen molar-refractivity contribution in [1.29, 1.82) is 0 Å². The van der Waals surface area contributed by atoms with Crippen LogP contribution in [-0.4, -0.2) is 16.6 Å². The second kappa shape index (κ2) is 7.64. The van der Waals surface area contributed by atoms with Crippen LogP contribution in [0.4, 0.5) is 24.5 Å². The van der Waals surface area contributed by atoms with E-state index >= 15 is 0 Å². The van der Waals surface area contributed by atoms with Crippen molar-refractivity contribution >= 4 is 23.1 Å². The summed E-state index contributed by atoms with van der Waals surface area (Å²) in [7, 11) is 0. The molecule has 2 aliphatic rings. The molecule has 0 aromatic heterocycles. The fraction of sp³-hybridized carbons (Fsp3) is 0.273. The highest BCUT2D eigenvalue weighted by Gasteiger charge is 2.43. The molecule has 0 bridgehead atoms. The number of alkyl halides is 3. The number of Topliss-reactive ketones (excluding diaryl/α,β-unsaturated/α-hetero) is 1. The topological polar surface area (TPSA) is 80.5 Å². The van der Waals surface area contributed by atoms with Crippen LogP contribution in [0, 0.1) is 10.1 Å². The van der Waals surface area contributed by atoms with Crippen LogP contribution < -0.4 is 4.90 Å². The Morgan fingerprint density at radius 2 is 1.68 bits per heavy atom. The van der Waals surface area contributed by atoms with E-state index in [4.69, 9.17) is 0 Å². The van der Waals surface area contributed by atoms with Crippen LogP contribution in [0.2, 0.25) is 0 Å². The highest BCUT2D eigenvalue weighted by atomic mass is 19.4. The molecule has 0 fully saturated rings. The van der Waals surface area contributed by atoms with Gasteiger partial charge in [-0.2, -0.15) is 13.2 Å². The van der Waals surface area contributed by atoms with Gasteiger partial charge in [-0.05, 0) is 30.5 Å². The quantitative estimate of drug-likeness (QED) is 0.499. The van der Waals surface area contributed by atoms with Gasteiger partial charge >= 0.3 is 6.18 Å². The molecule has 1 heterocycles. The standard InChI is InChI=1S/C22H17F3N2O4/c23-22(24,25)16-4-1-2-5-17(16)26-18-6-3-7-19(28)21(18)15(12-20(26)29)13-8-10-14(11-9-13)27(30)31/h1-2,4-5,8-11,15H,3,6-7,12H2. The fourth-order valence-electron chi connectivity index (χ4n) is 4.29. The summed E-state index contributed by atoms with van der Waals surface area (Å²) >= 11 is 0. The number of rotatable bonds is 3. The molecule has 1 aliphatic carbocycles. The van der Waals surface area contributed by atoms with E-state index in [9.17, 15) is 32.9 Å². The molecule has 0 radical (unpaired) electrons. The molecule has 0 saturated heterocycles. The van der Waals surface area contributed by atoms with Gasteiger partial charge in [0, 0.05) is 42.2 Å². The summed E-state index contributed by atoms with van der Waals surface area (Å²) in [5, 5.41) is 10.9. The molecule has 1 unspecified atom stereocenters. The number of nitro groups is 1.